The lowest BCUT2D eigenvalue weighted by Crippen LogP contribution is -2.59. The number of carbonyl (C=O) groups excluding carboxylic acids is 1. The van der Waals surface area contributed by atoms with Crippen LogP contribution in [0.1, 0.15) is 44.1 Å². The Kier molecular flexibility index (Phi) is 5.38. The predicted octanol–water partition coefficient (Wildman–Crippen LogP) is 1.22. The van der Waals surface area contributed by atoms with Gasteiger partial charge in [0.2, 0.25) is 15.9 Å². The van der Waals surface area contributed by atoms with Crippen LogP contribution in [0.2, 0.25) is 0 Å². The lowest BCUT2D eigenvalue weighted by atomic mass is 9.80. The lowest BCUT2D eigenvalue weighted by molar-refractivity contribution is -0.133. The summed E-state index contributed by atoms with van der Waals surface area (Å²) in [6.45, 7) is 1.88. The van der Waals surface area contributed by atoms with Crippen molar-refractivity contribution in [2.24, 2.45) is 0 Å². The van der Waals surface area contributed by atoms with Crippen LogP contribution in [0.15, 0.2) is 18.7 Å². The van der Waals surface area contributed by atoms with Crippen molar-refractivity contribution in [1.29, 1.82) is 0 Å². The topological polar surface area (TPSA) is 83.5 Å². The standard InChI is InChI=1S/C17H26N4O3S/c1-25(23,24)21-9-3-2-6-17(21)7-10-20(11-8-17)16(22)5-4-15-12-18-14-19-13-15/h12-14H,2-11H2,1H3. The second-order valence-corrected chi connectivity index (χ2v) is 9.05. The maximum atomic E-state index is 12.5. The van der Waals surface area contributed by atoms with Crippen molar-refractivity contribution in [3.8, 4) is 0 Å². The minimum Gasteiger partial charge on any atom is -0.343 e. The van der Waals surface area contributed by atoms with E-state index in [0.29, 0.717) is 32.5 Å². The highest BCUT2D eigenvalue weighted by molar-refractivity contribution is 7.88. The first-order chi connectivity index (χ1) is 11.9. The molecule has 1 amide bonds. The van der Waals surface area contributed by atoms with Gasteiger partial charge in [-0.15, -0.1) is 0 Å². The summed E-state index contributed by atoms with van der Waals surface area (Å²) in [4.78, 5) is 22.3. The van der Waals surface area contributed by atoms with E-state index in [2.05, 4.69) is 9.97 Å². The molecule has 0 atom stereocenters. The molecule has 1 aromatic heterocycles. The van der Waals surface area contributed by atoms with Crippen molar-refractivity contribution in [1.82, 2.24) is 19.2 Å². The molecule has 138 valence electrons. The zero-order chi connectivity index (χ0) is 17.9. The number of nitrogens with zero attached hydrogens (tertiary/aromatic N) is 4. The van der Waals surface area contributed by atoms with Gasteiger partial charge in [-0.1, -0.05) is 6.42 Å². The van der Waals surface area contributed by atoms with Gasteiger partial charge in [0.1, 0.15) is 6.33 Å². The van der Waals surface area contributed by atoms with Gasteiger partial charge in [0.05, 0.1) is 6.26 Å². The molecule has 3 rings (SSSR count). The second-order valence-electron chi connectivity index (χ2n) is 7.14. The molecule has 2 fully saturated rings. The smallest absolute Gasteiger partial charge is 0.222 e. The van der Waals surface area contributed by atoms with Crippen LogP contribution in [0.4, 0.5) is 0 Å². The van der Waals surface area contributed by atoms with Gasteiger partial charge in [-0.2, -0.15) is 4.31 Å². The van der Waals surface area contributed by atoms with Gasteiger partial charge in [-0.05, 0) is 37.7 Å². The van der Waals surface area contributed by atoms with Crippen LogP contribution in [-0.2, 0) is 21.2 Å². The third kappa shape index (κ3) is 4.17. The quantitative estimate of drug-likeness (QED) is 0.800. The van der Waals surface area contributed by atoms with Gasteiger partial charge in [0, 0.05) is 44.0 Å². The Balaban J connectivity index is 1.58. The van der Waals surface area contributed by atoms with Crippen LogP contribution in [0, 0.1) is 0 Å². The average molecular weight is 366 g/mol. The van der Waals surface area contributed by atoms with Crippen molar-refractivity contribution in [2.75, 3.05) is 25.9 Å². The number of amides is 1. The molecule has 1 aromatic rings. The van der Waals surface area contributed by atoms with E-state index >= 15 is 0 Å². The molecule has 0 bridgehead atoms. The summed E-state index contributed by atoms with van der Waals surface area (Å²) in [5.74, 6) is 0.125. The third-order valence-corrected chi connectivity index (χ3v) is 6.84. The Bertz CT molecular complexity index is 700. The monoisotopic (exact) mass is 366 g/mol. The van der Waals surface area contributed by atoms with Crippen LogP contribution in [0.5, 0.6) is 0 Å². The molecule has 2 aliphatic rings. The molecule has 0 unspecified atom stereocenters. The van der Waals surface area contributed by atoms with Gasteiger partial charge < -0.3 is 4.90 Å². The van der Waals surface area contributed by atoms with Crippen molar-refractivity contribution in [3.05, 3.63) is 24.3 Å². The van der Waals surface area contributed by atoms with Crippen molar-refractivity contribution in [3.63, 3.8) is 0 Å². The third-order valence-electron chi connectivity index (χ3n) is 5.47. The van der Waals surface area contributed by atoms with Crippen molar-refractivity contribution >= 4 is 15.9 Å². The van der Waals surface area contributed by atoms with Crippen LogP contribution in [0.3, 0.4) is 0 Å². The summed E-state index contributed by atoms with van der Waals surface area (Å²) in [6, 6.07) is 0. The number of hydrogen-bond acceptors (Lipinski definition) is 5. The summed E-state index contributed by atoms with van der Waals surface area (Å²) in [5, 5.41) is 0. The van der Waals surface area contributed by atoms with Crippen molar-refractivity contribution in [2.45, 2.75) is 50.5 Å². The lowest BCUT2D eigenvalue weighted by Gasteiger charge is -2.50. The Hall–Kier alpha value is -1.54. The normalized spacial score (nSPS) is 21.4. The van der Waals surface area contributed by atoms with E-state index in [0.717, 1.165) is 37.7 Å². The number of rotatable bonds is 4. The van der Waals surface area contributed by atoms with E-state index in [9.17, 15) is 13.2 Å². The molecule has 1 spiro atoms. The number of aryl methyl sites for hydroxylation is 1. The summed E-state index contributed by atoms with van der Waals surface area (Å²) in [5.41, 5.74) is 0.676. The molecule has 0 saturated carbocycles. The van der Waals surface area contributed by atoms with Crippen molar-refractivity contribution < 1.29 is 13.2 Å². The first-order valence-corrected chi connectivity index (χ1v) is 10.8. The first-order valence-electron chi connectivity index (χ1n) is 8.90. The zero-order valence-corrected chi connectivity index (χ0v) is 15.5. The van der Waals surface area contributed by atoms with Crippen LogP contribution >= 0.6 is 0 Å². The van der Waals surface area contributed by atoms with Gasteiger partial charge in [0.25, 0.3) is 0 Å². The van der Waals surface area contributed by atoms with E-state index in [-0.39, 0.29) is 11.4 Å². The van der Waals surface area contributed by atoms with E-state index in [1.807, 2.05) is 4.90 Å². The molecular weight excluding hydrogens is 340 g/mol. The van der Waals surface area contributed by atoms with Crippen LogP contribution < -0.4 is 0 Å². The Labute approximate surface area is 149 Å². The molecule has 25 heavy (non-hydrogen) atoms. The molecule has 3 heterocycles. The van der Waals surface area contributed by atoms with E-state index in [1.54, 1.807) is 16.7 Å². The molecular formula is C17H26N4O3S. The number of likely N-dealkylation sites (tertiary alicyclic amines) is 1. The van der Waals surface area contributed by atoms with Gasteiger partial charge in [-0.3, -0.25) is 4.79 Å². The molecule has 8 heteroatoms. The molecule has 2 aliphatic heterocycles. The minimum atomic E-state index is -3.20. The van der Waals surface area contributed by atoms with Gasteiger partial charge in [0.15, 0.2) is 0 Å². The fourth-order valence-corrected chi connectivity index (χ4v) is 5.57. The summed E-state index contributed by atoms with van der Waals surface area (Å²) < 4.78 is 26.0. The first kappa shape index (κ1) is 18.3. The maximum Gasteiger partial charge on any atom is 0.222 e. The average Bonchev–Trinajstić information content (AvgIpc) is 2.61. The Morgan fingerprint density at radius 3 is 2.44 bits per heavy atom. The maximum absolute atomic E-state index is 12.5. The van der Waals surface area contributed by atoms with E-state index < -0.39 is 10.0 Å². The Morgan fingerprint density at radius 1 is 1.12 bits per heavy atom. The zero-order valence-electron chi connectivity index (χ0n) is 14.7. The fraction of sp³-hybridized carbons (Fsp3) is 0.706. The molecule has 7 nitrogen and oxygen atoms in total. The number of piperidine rings is 2. The summed E-state index contributed by atoms with van der Waals surface area (Å²) in [7, 11) is -3.20. The molecule has 0 aliphatic carbocycles. The van der Waals surface area contributed by atoms with E-state index in [4.69, 9.17) is 0 Å². The number of aromatic nitrogens is 2. The van der Waals surface area contributed by atoms with Gasteiger partial charge >= 0.3 is 0 Å². The van der Waals surface area contributed by atoms with Crippen LogP contribution in [-0.4, -0.2) is 64.9 Å². The van der Waals surface area contributed by atoms with Crippen LogP contribution in [0.25, 0.3) is 0 Å². The van der Waals surface area contributed by atoms with Gasteiger partial charge in [-0.25, -0.2) is 18.4 Å². The number of sulfonamides is 1. The molecule has 0 aromatic carbocycles. The molecule has 2 saturated heterocycles. The highest BCUT2D eigenvalue weighted by Gasteiger charge is 2.45. The minimum absolute atomic E-state index is 0.125. The van der Waals surface area contributed by atoms with E-state index in [1.165, 1.54) is 12.6 Å². The SMILES string of the molecule is CS(=O)(=O)N1CCCCC12CCN(C(=O)CCc1cncnc1)CC2. The Morgan fingerprint density at radius 2 is 1.80 bits per heavy atom. The largest absolute Gasteiger partial charge is 0.343 e. The molecule has 0 N–H and O–H groups in total. The summed E-state index contributed by atoms with van der Waals surface area (Å²) >= 11 is 0. The fourth-order valence-electron chi connectivity index (χ4n) is 4.13. The highest BCUT2D eigenvalue weighted by Crippen LogP contribution is 2.38. The number of hydrogen-bond donors (Lipinski definition) is 0. The second kappa shape index (κ2) is 7.37. The number of carbonyl (C=O) groups is 1. The summed E-state index contributed by atoms with van der Waals surface area (Å²) in [6.07, 6.45) is 11.7. The highest BCUT2D eigenvalue weighted by atomic mass is 32.2. The molecule has 0 radical (unpaired) electrons. The predicted molar refractivity (Wildman–Crippen MR) is 94.3 cm³/mol.